The molecule has 0 fully saturated rings. The second-order valence-corrected chi connectivity index (χ2v) is 3.53. The number of ether oxygens (including phenoxy) is 1. The molecule has 0 atom stereocenters. The number of furan rings is 1. The summed E-state index contributed by atoms with van der Waals surface area (Å²) in [6.45, 7) is 6.06. The summed E-state index contributed by atoms with van der Waals surface area (Å²) in [5.41, 5.74) is 6.46. The lowest BCUT2D eigenvalue weighted by atomic mass is 10.2. The first-order chi connectivity index (χ1) is 6.22. The van der Waals surface area contributed by atoms with Gasteiger partial charge >= 0.3 is 0 Å². The van der Waals surface area contributed by atoms with Crippen LogP contribution in [-0.2, 0) is 17.9 Å². The van der Waals surface area contributed by atoms with Crippen LogP contribution in [0.25, 0.3) is 0 Å². The van der Waals surface area contributed by atoms with Crippen LogP contribution >= 0.6 is 0 Å². The van der Waals surface area contributed by atoms with Crippen molar-refractivity contribution in [3.05, 3.63) is 23.7 Å². The Balaban J connectivity index is 2.28. The highest BCUT2D eigenvalue weighted by Gasteiger charge is 2.01. The molecule has 74 valence electrons. The van der Waals surface area contributed by atoms with Crippen molar-refractivity contribution in [2.75, 3.05) is 6.61 Å². The van der Waals surface area contributed by atoms with Gasteiger partial charge in [-0.25, -0.2) is 0 Å². The Labute approximate surface area is 78.9 Å². The van der Waals surface area contributed by atoms with Gasteiger partial charge in [-0.2, -0.15) is 0 Å². The molecule has 3 heteroatoms. The quantitative estimate of drug-likeness (QED) is 0.758. The molecule has 0 aliphatic carbocycles. The molecule has 1 aromatic rings. The molecule has 0 aliphatic heterocycles. The standard InChI is InChI=1S/C10H17NO2/c1-8(2)5-12-7-10-3-9(4-11)6-13-10/h3,6,8H,4-5,7,11H2,1-2H3. The minimum absolute atomic E-state index is 0.522. The van der Waals surface area contributed by atoms with Crippen molar-refractivity contribution >= 4 is 0 Å². The molecule has 13 heavy (non-hydrogen) atoms. The molecule has 0 amide bonds. The van der Waals surface area contributed by atoms with Gasteiger partial charge in [0.2, 0.25) is 0 Å². The lowest BCUT2D eigenvalue weighted by molar-refractivity contribution is 0.0846. The lowest BCUT2D eigenvalue weighted by Gasteiger charge is -2.03. The van der Waals surface area contributed by atoms with Gasteiger partial charge in [0.1, 0.15) is 12.4 Å². The Morgan fingerprint density at radius 1 is 1.54 bits per heavy atom. The van der Waals surface area contributed by atoms with Gasteiger partial charge in [0.25, 0.3) is 0 Å². The fourth-order valence-corrected chi connectivity index (χ4v) is 1.00. The van der Waals surface area contributed by atoms with E-state index in [1.165, 1.54) is 0 Å². The van der Waals surface area contributed by atoms with Crippen molar-refractivity contribution in [3.8, 4) is 0 Å². The largest absolute Gasteiger partial charge is 0.467 e. The van der Waals surface area contributed by atoms with Crippen LogP contribution in [0.1, 0.15) is 25.2 Å². The van der Waals surface area contributed by atoms with E-state index in [2.05, 4.69) is 13.8 Å². The van der Waals surface area contributed by atoms with Crippen LogP contribution in [0.5, 0.6) is 0 Å². The smallest absolute Gasteiger partial charge is 0.129 e. The average molecular weight is 183 g/mol. The van der Waals surface area contributed by atoms with Gasteiger partial charge in [-0.1, -0.05) is 13.8 Å². The average Bonchev–Trinajstić information content (AvgIpc) is 2.52. The molecule has 0 saturated carbocycles. The van der Waals surface area contributed by atoms with Gasteiger partial charge in [0.15, 0.2) is 0 Å². The van der Waals surface area contributed by atoms with Gasteiger partial charge < -0.3 is 14.9 Å². The van der Waals surface area contributed by atoms with Gasteiger partial charge in [-0.05, 0) is 12.0 Å². The molecule has 1 rings (SSSR count). The second-order valence-electron chi connectivity index (χ2n) is 3.53. The maximum Gasteiger partial charge on any atom is 0.129 e. The highest BCUT2D eigenvalue weighted by Crippen LogP contribution is 2.08. The lowest BCUT2D eigenvalue weighted by Crippen LogP contribution is -2.01. The third-order valence-electron chi connectivity index (χ3n) is 1.64. The minimum atomic E-state index is 0.522. The molecule has 0 bridgehead atoms. The minimum Gasteiger partial charge on any atom is -0.467 e. The summed E-state index contributed by atoms with van der Waals surface area (Å²) < 4.78 is 10.6. The number of rotatable bonds is 5. The van der Waals surface area contributed by atoms with E-state index in [9.17, 15) is 0 Å². The van der Waals surface area contributed by atoms with E-state index in [1.807, 2.05) is 6.07 Å². The molecular weight excluding hydrogens is 166 g/mol. The van der Waals surface area contributed by atoms with Crippen molar-refractivity contribution in [2.45, 2.75) is 27.0 Å². The predicted octanol–water partition coefficient (Wildman–Crippen LogP) is 1.91. The molecule has 3 nitrogen and oxygen atoms in total. The summed E-state index contributed by atoms with van der Waals surface area (Å²) in [6.07, 6.45) is 1.67. The molecule has 1 aromatic heterocycles. The predicted molar refractivity (Wildman–Crippen MR) is 51.1 cm³/mol. The van der Waals surface area contributed by atoms with Crippen LogP contribution in [0.4, 0.5) is 0 Å². The highest BCUT2D eigenvalue weighted by atomic mass is 16.5. The third kappa shape index (κ3) is 3.61. The topological polar surface area (TPSA) is 48.4 Å². The van der Waals surface area contributed by atoms with E-state index >= 15 is 0 Å². The Kier molecular flexibility index (Phi) is 3.99. The van der Waals surface area contributed by atoms with E-state index in [4.69, 9.17) is 14.9 Å². The molecule has 0 spiro atoms. The van der Waals surface area contributed by atoms with Crippen molar-refractivity contribution in [3.63, 3.8) is 0 Å². The second kappa shape index (κ2) is 5.04. The monoisotopic (exact) mass is 183 g/mol. The molecule has 2 N–H and O–H groups in total. The first kappa shape index (κ1) is 10.3. The summed E-state index contributed by atoms with van der Waals surface area (Å²) >= 11 is 0. The zero-order valence-corrected chi connectivity index (χ0v) is 8.25. The van der Waals surface area contributed by atoms with Gasteiger partial charge in [-0.3, -0.25) is 0 Å². The molecule has 0 aliphatic rings. The fraction of sp³-hybridized carbons (Fsp3) is 0.600. The summed E-state index contributed by atoms with van der Waals surface area (Å²) in [6, 6.07) is 1.93. The maximum atomic E-state index is 5.44. The SMILES string of the molecule is CC(C)COCc1cc(CN)co1. The Bertz CT molecular complexity index is 243. The molecule has 0 aromatic carbocycles. The summed E-state index contributed by atoms with van der Waals surface area (Å²) in [5, 5.41) is 0. The normalized spacial score (nSPS) is 11.1. The summed E-state index contributed by atoms with van der Waals surface area (Å²) in [5.74, 6) is 1.41. The van der Waals surface area contributed by atoms with Crippen LogP contribution in [0.3, 0.4) is 0 Å². The summed E-state index contributed by atoms with van der Waals surface area (Å²) in [7, 11) is 0. The summed E-state index contributed by atoms with van der Waals surface area (Å²) in [4.78, 5) is 0. The van der Waals surface area contributed by atoms with Crippen molar-refractivity contribution < 1.29 is 9.15 Å². The van der Waals surface area contributed by atoms with Crippen molar-refractivity contribution in [1.82, 2.24) is 0 Å². The maximum absolute atomic E-state index is 5.44. The van der Waals surface area contributed by atoms with E-state index in [-0.39, 0.29) is 0 Å². The number of hydrogen-bond acceptors (Lipinski definition) is 3. The molecular formula is C10H17NO2. The molecule has 0 radical (unpaired) electrons. The first-order valence-electron chi connectivity index (χ1n) is 4.56. The molecule has 0 saturated heterocycles. The van der Waals surface area contributed by atoms with E-state index in [0.29, 0.717) is 19.1 Å². The Hall–Kier alpha value is -0.800. The Morgan fingerprint density at radius 3 is 2.85 bits per heavy atom. The van der Waals surface area contributed by atoms with Crippen LogP contribution in [0, 0.1) is 5.92 Å². The number of nitrogens with two attached hydrogens (primary N) is 1. The van der Waals surface area contributed by atoms with Crippen LogP contribution < -0.4 is 5.73 Å². The molecule has 1 heterocycles. The van der Waals surface area contributed by atoms with Crippen LogP contribution in [-0.4, -0.2) is 6.61 Å². The van der Waals surface area contributed by atoms with Crippen LogP contribution in [0.2, 0.25) is 0 Å². The molecule has 0 unspecified atom stereocenters. The van der Waals surface area contributed by atoms with E-state index in [0.717, 1.165) is 17.9 Å². The zero-order chi connectivity index (χ0) is 9.68. The number of hydrogen-bond donors (Lipinski definition) is 1. The van der Waals surface area contributed by atoms with Gasteiger partial charge in [0.05, 0.1) is 6.26 Å². The highest BCUT2D eigenvalue weighted by molar-refractivity contribution is 5.11. The first-order valence-corrected chi connectivity index (χ1v) is 4.56. The zero-order valence-electron chi connectivity index (χ0n) is 8.25. The van der Waals surface area contributed by atoms with E-state index < -0.39 is 0 Å². The van der Waals surface area contributed by atoms with Gasteiger partial charge in [-0.15, -0.1) is 0 Å². The van der Waals surface area contributed by atoms with E-state index in [1.54, 1.807) is 6.26 Å². The van der Waals surface area contributed by atoms with Crippen LogP contribution in [0.15, 0.2) is 16.7 Å². The fourth-order valence-electron chi connectivity index (χ4n) is 1.00. The van der Waals surface area contributed by atoms with Gasteiger partial charge in [0, 0.05) is 18.7 Å². The Morgan fingerprint density at radius 2 is 2.31 bits per heavy atom. The van der Waals surface area contributed by atoms with Crippen molar-refractivity contribution in [2.24, 2.45) is 11.7 Å². The van der Waals surface area contributed by atoms with Crippen molar-refractivity contribution in [1.29, 1.82) is 0 Å². The third-order valence-corrected chi connectivity index (χ3v) is 1.64.